The fourth-order valence-electron chi connectivity index (χ4n) is 9.81. The van der Waals surface area contributed by atoms with Crippen LogP contribution in [-0.2, 0) is 38.1 Å². The second-order valence-corrected chi connectivity index (χ2v) is 13.4. The van der Waals surface area contributed by atoms with Crippen LogP contribution in [0.2, 0.25) is 0 Å². The Morgan fingerprint density at radius 2 is 1.36 bits per heavy atom. The zero-order valence-electron chi connectivity index (χ0n) is 24.8. The molecule has 0 aromatic carbocycles. The van der Waals surface area contributed by atoms with Crippen LogP contribution in [0, 0.1) is 46.3 Å². The predicted molar refractivity (Wildman–Crippen MR) is 143 cm³/mol. The van der Waals surface area contributed by atoms with Gasteiger partial charge < -0.3 is 18.9 Å². The second-order valence-electron chi connectivity index (χ2n) is 13.4. The van der Waals surface area contributed by atoms with Crippen LogP contribution in [0.3, 0.4) is 0 Å². The molecule has 4 fully saturated rings. The van der Waals surface area contributed by atoms with Gasteiger partial charge in [0.1, 0.15) is 18.3 Å². The van der Waals surface area contributed by atoms with Gasteiger partial charge in [0.2, 0.25) is 0 Å². The zero-order chi connectivity index (χ0) is 28.7. The van der Waals surface area contributed by atoms with E-state index < -0.39 is 12.2 Å². The highest BCUT2D eigenvalue weighted by molar-refractivity contribution is 5.69. The Balaban J connectivity index is 1.69. The third-order valence-corrected chi connectivity index (χ3v) is 11.4. The molecule has 0 heterocycles. The van der Waals surface area contributed by atoms with Crippen molar-refractivity contribution in [2.75, 3.05) is 7.11 Å². The van der Waals surface area contributed by atoms with Crippen molar-refractivity contribution in [2.24, 2.45) is 46.3 Å². The number of fused-ring (bicyclic) bond motifs is 5. The maximum Gasteiger partial charge on any atom is 0.305 e. The van der Waals surface area contributed by atoms with Crippen molar-refractivity contribution < 1.29 is 38.1 Å². The summed E-state index contributed by atoms with van der Waals surface area (Å²) in [5.74, 6) is 0.289. The number of carbonyl (C=O) groups excluding carboxylic acids is 4. The minimum absolute atomic E-state index is 0.0496. The van der Waals surface area contributed by atoms with Gasteiger partial charge in [0, 0.05) is 39.0 Å². The highest BCUT2D eigenvalue weighted by atomic mass is 16.6. The molecule has 8 heteroatoms. The summed E-state index contributed by atoms with van der Waals surface area (Å²) in [4.78, 5) is 48.6. The number of ether oxygens (including phenoxy) is 4. The molecule has 0 saturated heterocycles. The zero-order valence-corrected chi connectivity index (χ0v) is 24.8. The topological polar surface area (TPSA) is 105 Å². The normalized spacial score (nSPS) is 41.7. The Kier molecular flexibility index (Phi) is 8.73. The van der Waals surface area contributed by atoms with E-state index in [1.807, 2.05) is 0 Å². The van der Waals surface area contributed by atoms with Crippen LogP contribution < -0.4 is 0 Å². The average molecular weight is 549 g/mol. The third-order valence-electron chi connectivity index (χ3n) is 11.4. The van der Waals surface area contributed by atoms with Gasteiger partial charge in [-0.2, -0.15) is 0 Å². The van der Waals surface area contributed by atoms with Crippen molar-refractivity contribution in [3.8, 4) is 0 Å². The van der Waals surface area contributed by atoms with Crippen LogP contribution in [0.4, 0.5) is 0 Å². The monoisotopic (exact) mass is 548 g/mol. The fourth-order valence-corrected chi connectivity index (χ4v) is 9.81. The molecule has 0 bridgehead atoms. The van der Waals surface area contributed by atoms with E-state index in [0.29, 0.717) is 36.5 Å². The van der Waals surface area contributed by atoms with Gasteiger partial charge >= 0.3 is 23.9 Å². The molecule has 220 valence electrons. The SMILES string of the molecule is COC(=O)CC[C@@H](C)C1CCC2C3C(OC(C)=O)[C@H](OC(C)=O)C4C[C@H](OC(C)=O)CC[C@]4(C)C3CC[C@@]21C. The summed E-state index contributed by atoms with van der Waals surface area (Å²) >= 11 is 0. The largest absolute Gasteiger partial charge is 0.469 e. The molecule has 0 aromatic rings. The molecule has 0 amide bonds. The first-order chi connectivity index (χ1) is 18.3. The molecule has 0 radical (unpaired) electrons. The lowest BCUT2D eigenvalue weighted by atomic mass is 9.43. The average Bonchev–Trinajstić information content (AvgIpc) is 3.21. The molecule has 0 aromatic heterocycles. The Morgan fingerprint density at radius 3 is 1.97 bits per heavy atom. The number of carbonyl (C=O) groups is 4. The molecule has 0 spiro atoms. The summed E-state index contributed by atoms with van der Waals surface area (Å²) in [7, 11) is 1.44. The third kappa shape index (κ3) is 5.58. The van der Waals surface area contributed by atoms with Crippen molar-refractivity contribution >= 4 is 23.9 Å². The predicted octanol–water partition coefficient (Wildman–Crippen LogP) is 5.25. The van der Waals surface area contributed by atoms with E-state index in [4.69, 9.17) is 18.9 Å². The lowest BCUT2D eigenvalue weighted by molar-refractivity contribution is -0.242. The Morgan fingerprint density at radius 1 is 0.769 bits per heavy atom. The van der Waals surface area contributed by atoms with E-state index in [2.05, 4.69) is 20.8 Å². The van der Waals surface area contributed by atoms with Crippen molar-refractivity contribution in [3.05, 3.63) is 0 Å². The minimum atomic E-state index is -0.575. The lowest BCUT2D eigenvalue weighted by Crippen LogP contribution is -2.65. The molecule has 0 N–H and O–H groups in total. The maximum absolute atomic E-state index is 12.5. The van der Waals surface area contributed by atoms with Crippen LogP contribution >= 0.6 is 0 Å². The summed E-state index contributed by atoms with van der Waals surface area (Å²) in [5, 5.41) is 0. The van der Waals surface area contributed by atoms with E-state index in [-0.39, 0.29) is 52.6 Å². The molecule has 39 heavy (non-hydrogen) atoms. The van der Waals surface area contributed by atoms with Crippen LogP contribution in [0.5, 0.6) is 0 Å². The number of hydrogen-bond donors (Lipinski definition) is 0. The summed E-state index contributed by atoms with van der Waals surface area (Å²) in [5.41, 5.74) is -0.0674. The number of methoxy groups -OCH3 is 1. The molecular formula is C31H48O8. The van der Waals surface area contributed by atoms with E-state index in [1.165, 1.54) is 27.9 Å². The summed E-state index contributed by atoms with van der Waals surface area (Å²) in [6.07, 6.45) is 6.38. The molecule has 4 rings (SSSR count). The number of rotatable bonds is 7. The second kappa shape index (κ2) is 11.4. The van der Waals surface area contributed by atoms with Crippen LogP contribution in [0.15, 0.2) is 0 Å². The first-order valence-corrected chi connectivity index (χ1v) is 14.9. The Bertz CT molecular complexity index is 962. The van der Waals surface area contributed by atoms with Gasteiger partial charge in [-0.05, 0) is 85.9 Å². The maximum atomic E-state index is 12.5. The van der Waals surface area contributed by atoms with E-state index in [9.17, 15) is 19.2 Å². The van der Waals surface area contributed by atoms with Gasteiger partial charge in [0.05, 0.1) is 7.11 Å². The minimum Gasteiger partial charge on any atom is -0.469 e. The first kappa shape index (κ1) is 29.9. The van der Waals surface area contributed by atoms with Gasteiger partial charge in [0.25, 0.3) is 0 Å². The summed E-state index contributed by atoms with van der Waals surface area (Å²) in [6.45, 7) is 11.3. The van der Waals surface area contributed by atoms with Crippen molar-refractivity contribution in [3.63, 3.8) is 0 Å². The summed E-state index contributed by atoms with van der Waals surface area (Å²) in [6, 6.07) is 0. The molecule has 8 nitrogen and oxygen atoms in total. The van der Waals surface area contributed by atoms with Crippen molar-refractivity contribution in [1.82, 2.24) is 0 Å². The molecule has 11 atom stereocenters. The molecule has 4 saturated carbocycles. The Hall–Kier alpha value is -2.12. The molecule has 0 aliphatic heterocycles. The van der Waals surface area contributed by atoms with Gasteiger partial charge in [-0.3, -0.25) is 19.2 Å². The van der Waals surface area contributed by atoms with Gasteiger partial charge in [-0.25, -0.2) is 0 Å². The quantitative estimate of drug-likeness (QED) is 0.314. The van der Waals surface area contributed by atoms with Crippen molar-refractivity contribution in [2.45, 2.75) is 118 Å². The molecule has 6 unspecified atom stereocenters. The standard InChI is InChI=1S/C31H48O8/c1-17(8-11-26(35)36-7)22-9-10-23-27-24(13-15-30(22,23)5)31(6)14-12-21(37-18(2)32)16-25(31)28(38-19(3)33)29(27)39-20(4)34/h17,21-25,27-29H,8-16H2,1-7H3/t17-,21-,22?,23?,24?,25?,27?,28-,29?,30-,31-/m1/s1. The van der Waals surface area contributed by atoms with Gasteiger partial charge in [-0.1, -0.05) is 20.8 Å². The number of esters is 4. The molecule has 4 aliphatic carbocycles. The van der Waals surface area contributed by atoms with Crippen LogP contribution in [0.25, 0.3) is 0 Å². The Labute approximate surface area is 233 Å². The first-order valence-electron chi connectivity index (χ1n) is 14.9. The number of hydrogen-bond acceptors (Lipinski definition) is 8. The van der Waals surface area contributed by atoms with Crippen LogP contribution in [0.1, 0.15) is 99.3 Å². The van der Waals surface area contributed by atoms with E-state index in [0.717, 1.165) is 44.9 Å². The van der Waals surface area contributed by atoms with Gasteiger partial charge in [0.15, 0.2) is 0 Å². The lowest BCUT2D eigenvalue weighted by Gasteiger charge is -2.64. The van der Waals surface area contributed by atoms with E-state index >= 15 is 0 Å². The smallest absolute Gasteiger partial charge is 0.305 e. The fraction of sp³-hybridized carbons (Fsp3) is 0.871. The van der Waals surface area contributed by atoms with Crippen molar-refractivity contribution in [1.29, 1.82) is 0 Å². The molecule has 4 aliphatic rings. The molecular weight excluding hydrogens is 500 g/mol. The summed E-state index contributed by atoms with van der Waals surface area (Å²) < 4.78 is 22.7. The highest BCUT2D eigenvalue weighted by Crippen LogP contribution is 2.69. The van der Waals surface area contributed by atoms with Crippen LogP contribution in [-0.4, -0.2) is 49.3 Å². The van der Waals surface area contributed by atoms with Gasteiger partial charge in [-0.15, -0.1) is 0 Å². The highest BCUT2D eigenvalue weighted by Gasteiger charge is 2.67. The van der Waals surface area contributed by atoms with E-state index in [1.54, 1.807) is 0 Å².